The van der Waals surface area contributed by atoms with Crippen molar-refractivity contribution >= 4 is 45.5 Å². The summed E-state index contributed by atoms with van der Waals surface area (Å²) in [7, 11) is 3.17. The van der Waals surface area contributed by atoms with Gasteiger partial charge < -0.3 is 25.2 Å². The van der Waals surface area contributed by atoms with Crippen LogP contribution < -0.4 is 20.9 Å². The molecule has 12 heteroatoms. The number of benzene rings is 2. The van der Waals surface area contributed by atoms with Gasteiger partial charge in [0.15, 0.2) is 0 Å². The van der Waals surface area contributed by atoms with Crippen LogP contribution >= 0.6 is 23.2 Å². The summed E-state index contributed by atoms with van der Waals surface area (Å²) in [4.78, 5) is 22.0. The fourth-order valence-electron chi connectivity index (χ4n) is 5.30. The SMILES string of the molecule is COc1nc(-c2cccc(-c3cccc(Nc4nccc5cnn(C)c(=O)c45)c3Cl)c2Cl)ccc1CN[C@@H]1CCOC[C@@H]1O. The molecule has 2 atom stereocenters. The summed E-state index contributed by atoms with van der Waals surface area (Å²) in [5.74, 6) is 0.841. The maximum atomic E-state index is 12.9. The lowest BCUT2D eigenvalue weighted by Crippen LogP contribution is -2.46. The number of anilines is 2. The van der Waals surface area contributed by atoms with E-state index in [-0.39, 0.29) is 11.6 Å². The van der Waals surface area contributed by atoms with E-state index in [0.29, 0.717) is 80.3 Å². The highest BCUT2D eigenvalue weighted by Crippen LogP contribution is 2.42. The number of aliphatic hydroxyl groups is 1. The van der Waals surface area contributed by atoms with Gasteiger partial charge in [-0.3, -0.25) is 4.79 Å². The second-order valence-corrected chi connectivity index (χ2v) is 11.2. The first kappa shape index (κ1) is 30.0. The molecule has 226 valence electrons. The Kier molecular flexibility index (Phi) is 8.79. The molecule has 10 nitrogen and oxygen atoms in total. The fourth-order valence-corrected chi connectivity index (χ4v) is 5.90. The van der Waals surface area contributed by atoms with Gasteiger partial charge in [-0.2, -0.15) is 5.10 Å². The van der Waals surface area contributed by atoms with Crippen molar-refractivity contribution in [2.75, 3.05) is 25.6 Å². The van der Waals surface area contributed by atoms with Crippen LogP contribution in [0.3, 0.4) is 0 Å². The van der Waals surface area contributed by atoms with E-state index in [1.807, 2.05) is 48.5 Å². The summed E-state index contributed by atoms with van der Waals surface area (Å²) in [6, 6.07) is 16.7. The molecular weight excluding hydrogens is 603 g/mol. The minimum Gasteiger partial charge on any atom is -0.481 e. The number of fused-ring (bicyclic) bond motifs is 1. The van der Waals surface area contributed by atoms with Crippen molar-refractivity contribution in [1.29, 1.82) is 0 Å². The highest BCUT2D eigenvalue weighted by molar-refractivity contribution is 6.39. The van der Waals surface area contributed by atoms with Crippen molar-refractivity contribution in [2.24, 2.45) is 7.05 Å². The van der Waals surface area contributed by atoms with Crippen LogP contribution in [0.15, 0.2) is 71.8 Å². The molecule has 0 bridgehead atoms. The minimum atomic E-state index is -0.558. The molecule has 4 heterocycles. The number of hydrogen-bond donors (Lipinski definition) is 3. The van der Waals surface area contributed by atoms with Gasteiger partial charge in [-0.25, -0.2) is 14.6 Å². The number of methoxy groups -OCH3 is 1. The summed E-state index contributed by atoms with van der Waals surface area (Å²) in [5, 5.41) is 22.9. The zero-order valence-electron chi connectivity index (χ0n) is 24.1. The van der Waals surface area contributed by atoms with Crippen LogP contribution in [0.2, 0.25) is 10.0 Å². The maximum Gasteiger partial charge on any atom is 0.278 e. The van der Waals surface area contributed by atoms with E-state index in [2.05, 4.69) is 20.7 Å². The number of halogens is 2. The van der Waals surface area contributed by atoms with E-state index in [9.17, 15) is 9.90 Å². The van der Waals surface area contributed by atoms with Gasteiger partial charge in [0.25, 0.3) is 5.56 Å². The van der Waals surface area contributed by atoms with Crippen molar-refractivity contribution in [3.8, 4) is 28.3 Å². The fraction of sp³-hybridized carbons (Fsp3) is 0.250. The number of rotatable bonds is 8. The summed E-state index contributed by atoms with van der Waals surface area (Å²) >= 11 is 14.0. The van der Waals surface area contributed by atoms with Crippen molar-refractivity contribution in [3.63, 3.8) is 0 Å². The number of hydrogen-bond acceptors (Lipinski definition) is 9. The number of nitrogens with zero attached hydrogens (tertiary/aromatic N) is 4. The van der Waals surface area contributed by atoms with Gasteiger partial charge in [0, 0.05) is 60.1 Å². The number of aromatic nitrogens is 4. The molecule has 44 heavy (non-hydrogen) atoms. The Hall–Kier alpha value is -4.06. The number of aliphatic hydroxyl groups excluding tert-OH is 1. The molecule has 5 aromatic rings. The first-order valence-electron chi connectivity index (χ1n) is 14.0. The highest BCUT2D eigenvalue weighted by atomic mass is 35.5. The average Bonchev–Trinajstić information content (AvgIpc) is 3.04. The second kappa shape index (κ2) is 12.9. The van der Waals surface area contributed by atoms with Crippen LogP contribution in [-0.2, 0) is 18.3 Å². The molecular formula is C32H30Cl2N6O4. The molecule has 0 unspecified atom stereocenters. The minimum absolute atomic E-state index is 0.0620. The molecule has 3 N–H and O–H groups in total. The van der Waals surface area contributed by atoms with E-state index in [1.54, 1.807) is 32.6 Å². The van der Waals surface area contributed by atoms with Crippen molar-refractivity contribution in [3.05, 3.63) is 93.0 Å². The molecule has 1 aliphatic heterocycles. The Morgan fingerprint density at radius 3 is 2.64 bits per heavy atom. The number of pyridine rings is 2. The second-order valence-electron chi connectivity index (χ2n) is 10.4. The Morgan fingerprint density at radius 1 is 1.07 bits per heavy atom. The van der Waals surface area contributed by atoms with Crippen LogP contribution in [0.4, 0.5) is 11.5 Å². The molecule has 2 aromatic carbocycles. The zero-order chi connectivity index (χ0) is 30.8. The van der Waals surface area contributed by atoms with Gasteiger partial charge in [-0.15, -0.1) is 0 Å². The molecule has 0 spiro atoms. The Bertz CT molecular complexity index is 1900. The molecule has 0 amide bonds. The van der Waals surface area contributed by atoms with Gasteiger partial charge >= 0.3 is 0 Å². The first-order valence-corrected chi connectivity index (χ1v) is 14.8. The molecule has 1 saturated heterocycles. The first-order chi connectivity index (χ1) is 21.4. The summed E-state index contributed by atoms with van der Waals surface area (Å²) < 4.78 is 12.2. The lowest BCUT2D eigenvalue weighted by atomic mass is 10.00. The van der Waals surface area contributed by atoms with E-state index in [0.717, 1.165) is 12.0 Å². The largest absolute Gasteiger partial charge is 0.481 e. The third-order valence-electron chi connectivity index (χ3n) is 7.69. The van der Waals surface area contributed by atoms with E-state index < -0.39 is 6.10 Å². The van der Waals surface area contributed by atoms with Gasteiger partial charge in [0.1, 0.15) is 5.82 Å². The Labute approximate surface area is 263 Å². The zero-order valence-corrected chi connectivity index (χ0v) is 25.6. The van der Waals surface area contributed by atoms with Gasteiger partial charge in [-0.05, 0) is 24.6 Å². The van der Waals surface area contributed by atoms with Crippen LogP contribution in [0.25, 0.3) is 33.2 Å². The van der Waals surface area contributed by atoms with Crippen LogP contribution in [0, 0.1) is 0 Å². The van der Waals surface area contributed by atoms with Crippen LogP contribution in [0.1, 0.15) is 12.0 Å². The molecule has 0 aliphatic carbocycles. The normalized spacial score (nSPS) is 16.7. The van der Waals surface area contributed by atoms with Crippen molar-refractivity contribution < 1.29 is 14.6 Å². The summed E-state index contributed by atoms with van der Waals surface area (Å²) in [6.45, 7) is 1.41. The third-order valence-corrected chi connectivity index (χ3v) is 8.51. The lowest BCUT2D eigenvalue weighted by Gasteiger charge is -2.28. The van der Waals surface area contributed by atoms with Crippen LogP contribution in [-0.4, -0.2) is 57.3 Å². The standard InChI is InChI=1S/C32H30Cl2N6O4/c1-40-32(42)27-18(16-37-40)11-13-35-30(27)38-25-8-4-6-21(29(25)34)20-5-3-7-22(28(20)33)23-10-9-19(31(39-23)43-2)15-36-24-12-14-44-17-26(24)41/h3-11,13,16,24,26,36,41H,12,14-15,17H2,1-2H3,(H,35,38)/t24-,26+/m1/s1. The smallest absolute Gasteiger partial charge is 0.278 e. The number of aryl methyl sites for hydroxylation is 1. The summed E-state index contributed by atoms with van der Waals surface area (Å²) in [5.41, 5.74) is 3.91. The topological polar surface area (TPSA) is 123 Å². The van der Waals surface area contributed by atoms with Gasteiger partial charge in [-0.1, -0.05) is 59.6 Å². The van der Waals surface area contributed by atoms with Crippen LogP contribution in [0.5, 0.6) is 5.88 Å². The molecule has 3 aromatic heterocycles. The Morgan fingerprint density at radius 2 is 1.84 bits per heavy atom. The molecule has 1 fully saturated rings. The predicted molar refractivity (Wildman–Crippen MR) is 172 cm³/mol. The molecule has 6 rings (SSSR count). The molecule has 1 aliphatic rings. The van der Waals surface area contributed by atoms with E-state index in [1.165, 1.54) is 4.68 Å². The summed E-state index contributed by atoms with van der Waals surface area (Å²) in [6.07, 6.45) is 3.40. The monoisotopic (exact) mass is 632 g/mol. The number of nitrogens with one attached hydrogen (secondary N) is 2. The quantitative estimate of drug-likeness (QED) is 0.207. The average molecular weight is 634 g/mol. The van der Waals surface area contributed by atoms with Crippen molar-refractivity contribution in [1.82, 2.24) is 25.1 Å². The maximum absolute atomic E-state index is 12.9. The van der Waals surface area contributed by atoms with E-state index in [4.69, 9.17) is 37.7 Å². The van der Waals surface area contributed by atoms with Gasteiger partial charge in [0.05, 0.1) is 52.8 Å². The van der Waals surface area contributed by atoms with Crippen molar-refractivity contribution in [2.45, 2.75) is 25.1 Å². The predicted octanol–water partition coefficient (Wildman–Crippen LogP) is 5.36. The molecule has 0 saturated carbocycles. The Balaban J connectivity index is 1.30. The van der Waals surface area contributed by atoms with Gasteiger partial charge in [0.2, 0.25) is 5.88 Å². The highest BCUT2D eigenvalue weighted by Gasteiger charge is 2.24. The lowest BCUT2D eigenvalue weighted by molar-refractivity contribution is -0.0281. The third kappa shape index (κ3) is 5.87. The van der Waals surface area contributed by atoms with E-state index >= 15 is 0 Å². The molecule has 0 radical (unpaired) electrons. The number of ether oxygens (including phenoxy) is 2.